The highest BCUT2D eigenvalue weighted by Crippen LogP contribution is 2.55. The van der Waals surface area contributed by atoms with E-state index in [1.165, 1.54) is 40.9 Å². The van der Waals surface area contributed by atoms with Crippen LogP contribution in [0, 0.1) is 10.8 Å². The zero-order valence-electron chi connectivity index (χ0n) is 12.4. The van der Waals surface area contributed by atoms with Crippen LogP contribution in [0.1, 0.15) is 38.2 Å². The SMILES string of the molecule is CC1(C)CSCC2(CCNCC2c2ccccc2Br)C1. The molecule has 1 aromatic carbocycles. The van der Waals surface area contributed by atoms with Crippen LogP contribution < -0.4 is 5.32 Å². The van der Waals surface area contributed by atoms with E-state index >= 15 is 0 Å². The molecule has 20 heavy (non-hydrogen) atoms. The summed E-state index contributed by atoms with van der Waals surface area (Å²) in [5.74, 6) is 3.27. The minimum Gasteiger partial charge on any atom is -0.316 e. The van der Waals surface area contributed by atoms with Crippen molar-refractivity contribution in [3.63, 3.8) is 0 Å². The summed E-state index contributed by atoms with van der Waals surface area (Å²) in [6.07, 6.45) is 2.68. The number of halogens is 1. The molecular weight excluding hydrogens is 330 g/mol. The molecule has 0 aromatic heterocycles. The fourth-order valence-corrected chi connectivity index (χ4v) is 6.31. The summed E-state index contributed by atoms with van der Waals surface area (Å²) < 4.78 is 1.28. The summed E-state index contributed by atoms with van der Waals surface area (Å²) in [6, 6.07) is 8.81. The van der Waals surface area contributed by atoms with Crippen LogP contribution in [-0.2, 0) is 0 Å². The third kappa shape index (κ3) is 2.82. The van der Waals surface area contributed by atoms with Gasteiger partial charge in [-0.1, -0.05) is 48.0 Å². The maximum atomic E-state index is 3.78. The van der Waals surface area contributed by atoms with Crippen molar-refractivity contribution in [1.29, 1.82) is 0 Å². The maximum Gasteiger partial charge on any atom is 0.0210 e. The first kappa shape index (κ1) is 14.9. The molecule has 2 saturated heterocycles. The van der Waals surface area contributed by atoms with Gasteiger partial charge in [-0.2, -0.15) is 11.8 Å². The number of nitrogens with one attached hydrogen (secondary N) is 1. The van der Waals surface area contributed by atoms with Crippen molar-refractivity contribution < 1.29 is 0 Å². The fourth-order valence-electron chi connectivity index (χ4n) is 4.14. The number of piperidine rings is 1. The Bertz CT molecular complexity index is 484. The number of rotatable bonds is 1. The summed E-state index contributed by atoms with van der Waals surface area (Å²) in [5.41, 5.74) is 2.44. The van der Waals surface area contributed by atoms with Crippen LogP contribution in [-0.4, -0.2) is 24.6 Å². The summed E-state index contributed by atoms with van der Waals surface area (Å²) in [6.45, 7) is 7.19. The minimum atomic E-state index is 0.472. The third-order valence-electron chi connectivity index (χ3n) is 4.88. The second-order valence-corrected chi connectivity index (χ2v) is 9.06. The van der Waals surface area contributed by atoms with Crippen LogP contribution in [0.4, 0.5) is 0 Å². The summed E-state index contributed by atoms with van der Waals surface area (Å²) in [7, 11) is 0. The average Bonchev–Trinajstić information content (AvgIpc) is 2.39. The zero-order chi connectivity index (χ0) is 14.2. The standard InChI is InChI=1S/C17H24BrNS/c1-16(2)10-17(12-20-11-16)7-8-19-9-14(17)13-5-3-4-6-15(13)18/h3-6,14,19H,7-12H2,1-2H3. The van der Waals surface area contributed by atoms with Crippen molar-refractivity contribution in [3.05, 3.63) is 34.3 Å². The predicted molar refractivity (Wildman–Crippen MR) is 92.5 cm³/mol. The Hall–Kier alpha value is 0.01000. The van der Waals surface area contributed by atoms with Crippen LogP contribution in [0.15, 0.2) is 28.7 Å². The third-order valence-corrected chi connectivity index (χ3v) is 7.37. The van der Waals surface area contributed by atoms with Crippen LogP contribution in [0.2, 0.25) is 0 Å². The number of hydrogen-bond donors (Lipinski definition) is 1. The van der Waals surface area contributed by atoms with Gasteiger partial charge in [-0.25, -0.2) is 0 Å². The monoisotopic (exact) mass is 353 g/mol. The predicted octanol–water partition coefficient (Wildman–Crippen LogP) is 4.68. The fraction of sp³-hybridized carbons (Fsp3) is 0.647. The lowest BCUT2D eigenvalue weighted by atomic mass is 9.62. The molecule has 0 aliphatic carbocycles. The Kier molecular flexibility index (Phi) is 4.22. The molecule has 1 aromatic rings. The molecule has 3 rings (SSSR count). The van der Waals surface area contributed by atoms with E-state index in [9.17, 15) is 0 Å². The summed E-state index contributed by atoms with van der Waals surface area (Å²) >= 11 is 5.94. The van der Waals surface area contributed by atoms with Crippen LogP contribution in [0.5, 0.6) is 0 Å². The van der Waals surface area contributed by atoms with E-state index in [1.807, 2.05) is 0 Å². The van der Waals surface area contributed by atoms with Crippen LogP contribution in [0.3, 0.4) is 0 Å². The van der Waals surface area contributed by atoms with Crippen LogP contribution >= 0.6 is 27.7 Å². The molecule has 0 amide bonds. The Morgan fingerprint density at radius 3 is 2.80 bits per heavy atom. The van der Waals surface area contributed by atoms with Crippen molar-refractivity contribution in [2.45, 2.75) is 32.6 Å². The van der Waals surface area contributed by atoms with Gasteiger partial charge in [0, 0.05) is 16.9 Å². The van der Waals surface area contributed by atoms with Crippen molar-refractivity contribution in [2.75, 3.05) is 24.6 Å². The lowest BCUT2D eigenvalue weighted by Gasteiger charge is -2.52. The average molecular weight is 354 g/mol. The van der Waals surface area contributed by atoms with Gasteiger partial charge in [-0.3, -0.25) is 0 Å². The lowest BCUT2D eigenvalue weighted by molar-refractivity contribution is 0.114. The summed E-state index contributed by atoms with van der Waals surface area (Å²) in [5, 5.41) is 3.63. The quantitative estimate of drug-likeness (QED) is 0.786. The molecule has 2 heterocycles. The summed E-state index contributed by atoms with van der Waals surface area (Å²) in [4.78, 5) is 0. The van der Waals surface area contributed by atoms with E-state index in [0.29, 0.717) is 16.7 Å². The molecule has 1 nitrogen and oxygen atoms in total. The number of benzene rings is 1. The van der Waals surface area contributed by atoms with E-state index in [-0.39, 0.29) is 0 Å². The first-order valence-electron chi connectivity index (χ1n) is 7.55. The van der Waals surface area contributed by atoms with Gasteiger partial charge in [0.25, 0.3) is 0 Å². The van der Waals surface area contributed by atoms with Gasteiger partial charge in [0.05, 0.1) is 0 Å². The van der Waals surface area contributed by atoms with Gasteiger partial charge in [0.1, 0.15) is 0 Å². The lowest BCUT2D eigenvalue weighted by Crippen LogP contribution is -2.49. The van der Waals surface area contributed by atoms with Gasteiger partial charge in [-0.15, -0.1) is 0 Å². The molecule has 2 fully saturated rings. The molecule has 2 atom stereocenters. The second-order valence-electron chi connectivity index (χ2n) is 7.22. The molecule has 0 bridgehead atoms. The molecule has 2 unspecified atom stereocenters. The highest BCUT2D eigenvalue weighted by molar-refractivity contribution is 9.10. The minimum absolute atomic E-state index is 0.472. The van der Waals surface area contributed by atoms with Gasteiger partial charge < -0.3 is 5.32 Å². The molecule has 0 saturated carbocycles. The van der Waals surface area contributed by atoms with E-state index in [0.717, 1.165) is 6.54 Å². The molecule has 110 valence electrons. The normalized spacial score (nSPS) is 33.2. The van der Waals surface area contributed by atoms with Crippen molar-refractivity contribution in [1.82, 2.24) is 5.32 Å². The van der Waals surface area contributed by atoms with Gasteiger partial charge >= 0.3 is 0 Å². The second kappa shape index (κ2) is 5.66. The van der Waals surface area contributed by atoms with E-state index in [1.54, 1.807) is 0 Å². The Morgan fingerprint density at radius 1 is 1.25 bits per heavy atom. The molecule has 3 heteroatoms. The Morgan fingerprint density at radius 2 is 2.05 bits per heavy atom. The van der Waals surface area contributed by atoms with Gasteiger partial charge in [-0.05, 0) is 53.4 Å². The first-order chi connectivity index (χ1) is 9.53. The Labute approximate surface area is 135 Å². The molecule has 2 aliphatic rings. The van der Waals surface area contributed by atoms with Crippen molar-refractivity contribution >= 4 is 27.7 Å². The molecule has 2 aliphatic heterocycles. The van der Waals surface area contributed by atoms with E-state index in [2.05, 4.69) is 71.1 Å². The topological polar surface area (TPSA) is 12.0 Å². The van der Waals surface area contributed by atoms with Crippen LogP contribution in [0.25, 0.3) is 0 Å². The largest absolute Gasteiger partial charge is 0.316 e. The van der Waals surface area contributed by atoms with Crippen molar-refractivity contribution in [3.8, 4) is 0 Å². The van der Waals surface area contributed by atoms with Gasteiger partial charge in [0.2, 0.25) is 0 Å². The first-order valence-corrected chi connectivity index (χ1v) is 9.50. The molecule has 1 N–H and O–H groups in total. The molecule has 1 spiro atoms. The van der Waals surface area contributed by atoms with Gasteiger partial charge in [0.15, 0.2) is 0 Å². The Balaban J connectivity index is 1.97. The van der Waals surface area contributed by atoms with E-state index in [4.69, 9.17) is 0 Å². The smallest absolute Gasteiger partial charge is 0.0210 e. The van der Waals surface area contributed by atoms with E-state index < -0.39 is 0 Å². The zero-order valence-corrected chi connectivity index (χ0v) is 14.8. The molecule has 0 radical (unpaired) electrons. The highest BCUT2D eigenvalue weighted by atomic mass is 79.9. The maximum absolute atomic E-state index is 3.78. The number of hydrogen-bond acceptors (Lipinski definition) is 2. The molecular formula is C17H24BrNS. The number of thioether (sulfide) groups is 1. The highest BCUT2D eigenvalue weighted by Gasteiger charge is 2.47. The van der Waals surface area contributed by atoms with Crippen molar-refractivity contribution in [2.24, 2.45) is 10.8 Å².